The van der Waals surface area contributed by atoms with Crippen molar-refractivity contribution < 1.29 is 29.0 Å². The number of fused-ring (bicyclic) bond motifs is 4. The van der Waals surface area contributed by atoms with Crippen LogP contribution < -0.4 is 9.64 Å². The van der Waals surface area contributed by atoms with Gasteiger partial charge in [0, 0.05) is 18.0 Å². The third-order valence-corrected chi connectivity index (χ3v) is 9.34. The number of hydrogen-bond acceptors (Lipinski definition) is 6. The first kappa shape index (κ1) is 25.3. The average Bonchev–Trinajstić information content (AvgIpc) is 3.30. The number of imide groups is 2. The summed E-state index contributed by atoms with van der Waals surface area (Å²) in [4.78, 5) is 57.6. The first-order chi connectivity index (χ1) is 18.7. The Labute approximate surface area is 227 Å². The number of carbonyl (C=O) groups is 4. The van der Waals surface area contributed by atoms with E-state index in [2.05, 4.69) is 0 Å². The Morgan fingerprint density at radius 2 is 1.69 bits per heavy atom. The molecule has 8 heteroatoms. The summed E-state index contributed by atoms with van der Waals surface area (Å²) < 4.78 is 5.68. The number of phenolic OH excluding ortho intramolecular Hbond substituents is 1. The standard InChI is InChI=1S/C31H32N2O6/c1-4-32-27(35)19-15-14-18-21(24(19)29(32)37)16-22-28(36)33(17-10-7-6-8-11-17)30(38)31(22,3)25(18)20-12-9-13-23(26(20)34)39-5-2/h6-14,19,21-22,24-25,34H,4-5,15-16H2,1-3H3/t19-,21+,22-,24-,25+,31+/m0/s1. The van der Waals surface area contributed by atoms with Gasteiger partial charge in [0.1, 0.15) is 0 Å². The van der Waals surface area contributed by atoms with Crippen molar-refractivity contribution in [2.24, 2.45) is 29.1 Å². The van der Waals surface area contributed by atoms with Gasteiger partial charge in [-0.1, -0.05) is 42.0 Å². The molecule has 1 saturated carbocycles. The van der Waals surface area contributed by atoms with Crippen molar-refractivity contribution in [3.63, 3.8) is 0 Å². The summed E-state index contributed by atoms with van der Waals surface area (Å²) in [6.07, 6.45) is 2.65. The number of amides is 4. The fourth-order valence-electron chi connectivity index (χ4n) is 7.60. The van der Waals surface area contributed by atoms with E-state index >= 15 is 0 Å². The number of rotatable bonds is 5. The smallest absolute Gasteiger partial charge is 0.241 e. The highest BCUT2D eigenvalue weighted by molar-refractivity contribution is 6.24. The fraction of sp³-hybridized carbons (Fsp3) is 0.419. The van der Waals surface area contributed by atoms with Gasteiger partial charge < -0.3 is 9.84 Å². The Kier molecular flexibility index (Phi) is 5.90. The van der Waals surface area contributed by atoms with Crippen LogP contribution in [0.1, 0.15) is 45.1 Å². The zero-order chi connectivity index (χ0) is 27.6. The first-order valence-electron chi connectivity index (χ1n) is 13.7. The number of benzene rings is 2. The average molecular weight is 529 g/mol. The second kappa shape index (κ2) is 9.07. The van der Waals surface area contributed by atoms with Crippen molar-refractivity contribution in [3.8, 4) is 11.5 Å². The van der Waals surface area contributed by atoms with Gasteiger partial charge in [-0.15, -0.1) is 0 Å². The van der Waals surface area contributed by atoms with Gasteiger partial charge in [-0.2, -0.15) is 0 Å². The summed E-state index contributed by atoms with van der Waals surface area (Å²) in [6, 6.07) is 14.1. The number of carbonyl (C=O) groups excluding carboxylic acids is 4. The Balaban J connectivity index is 1.55. The summed E-state index contributed by atoms with van der Waals surface area (Å²) in [5.74, 6) is -3.68. The van der Waals surface area contributed by atoms with E-state index in [0.717, 1.165) is 5.57 Å². The van der Waals surface area contributed by atoms with Crippen molar-refractivity contribution in [2.75, 3.05) is 18.1 Å². The largest absolute Gasteiger partial charge is 0.504 e. The second-order valence-corrected chi connectivity index (χ2v) is 11.0. The molecule has 0 bridgehead atoms. The Bertz CT molecular complexity index is 1420. The van der Waals surface area contributed by atoms with Crippen molar-refractivity contribution in [1.29, 1.82) is 0 Å². The van der Waals surface area contributed by atoms with Crippen molar-refractivity contribution >= 4 is 29.3 Å². The summed E-state index contributed by atoms with van der Waals surface area (Å²) in [6.45, 7) is 6.06. The van der Waals surface area contributed by atoms with Crippen LogP contribution in [0.4, 0.5) is 5.69 Å². The molecular weight excluding hydrogens is 496 g/mol. The minimum Gasteiger partial charge on any atom is -0.504 e. The van der Waals surface area contributed by atoms with E-state index in [1.54, 1.807) is 56.3 Å². The number of phenols is 1. The highest BCUT2D eigenvalue weighted by Gasteiger charge is 2.67. The zero-order valence-corrected chi connectivity index (χ0v) is 22.3. The lowest BCUT2D eigenvalue weighted by atomic mass is 9.51. The molecule has 6 atom stereocenters. The van der Waals surface area contributed by atoms with Gasteiger partial charge in [0.15, 0.2) is 11.5 Å². The van der Waals surface area contributed by atoms with Gasteiger partial charge in [0.05, 0.1) is 35.5 Å². The number of anilines is 1. The maximum absolute atomic E-state index is 14.3. The van der Waals surface area contributed by atoms with E-state index in [-0.39, 0.29) is 35.8 Å². The number of aromatic hydroxyl groups is 1. The van der Waals surface area contributed by atoms with Crippen molar-refractivity contribution in [1.82, 2.24) is 4.90 Å². The third kappa shape index (κ3) is 3.36. The van der Waals surface area contributed by atoms with Crippen LogP contribution in [0.5, 0.6) is 11.5 Å². The summed E-state index contributed by atoms with van der Waals surface area (Å²) in [5, 5.41) is 11.4. The van der Waals surface area contributed by atoms with Crippen LogP contribution in [0.25, 0.3) is 0 Å². The maximum atomic E-state index is 14.3. The minimum absolute atomic E-state index is 0.0737. The number of likely N-dealkylation sites (tertiary alicyclic amines) is 1. The highest BCUT2D eigenvalue weighted by atomic mass is 16.5. The van der Waals surface area contributed by atoms with Gasteiger partial charge in [0.2, 0.25) is 23.6 Å². The molecule has 8 nitrogen and oxygen atoms in total. The molecule has 2 aromatic rings. The molecule has 0 unspecified atom stereocenters. The number of ether oxygens (including phenoxy) is 1. The molecule has 0 radical (unpaired) electrons. The molecule has 4 amide bonds. The van der Waals surface area contributed by atoms with Gasteiger partial charge in [-0.3, -0.25) is 24.1 Å². The second-order valence-electron chi connectivity index (χ2n) is 11.0. The van der Waals surface area contributed by atoms with Crippen LogP contribution in [0, 0.1) is 29.1 Å². The predicted molar refractivity (Wildman–Crippen MR) is 143 cm³/mol. The van der Waals surface area contributed by atoms with E-state index in [1.807, 2.05) is 19.1 Å². The summed E-state index contributed by atoms with van der Waals surface area (Å²) in [5.41, 5.74) is 0.617. The van der Waals surface area contributed by atoms with Gasteiger partial charge in [-0.25, -0.2) is 4.90 Å². The SMILES string of the molecule is CCOc1cccc([C@H]2C3=CC[C@@H]4C(=O)N(CC)C(=O)[C@@H]4[C@@H]3C[C@H]3C(=O)N(c4ccccc4)C(=O)[C@@]23C)c1O. The van der Waals surface area contributed by atoms with Crippen molar-refractivity contribution in [2.45, 2.75) is 39.5 Å². The van der Waals surface area contributed by atoms with E-state index in [4.69, 9.17) is 4.74 Å². The Hall–Kier alpha value is -3.94. The lowest BCUT2D eigenvalue weighted by Crippen LogP contribution is -2.48. The normalized spacial score (nSPS) is 31.7. The fourth-order valence-corrected chi connectivity index (χ4v) is 7.60. The van der Waals surface area contributed by atoms with Crippen LogP contribution in [0.2, 0.25) is 0 Å². The molecule has 2 heterocycles. The molecule has 1 N–H and O–H groups in total. The quantitative estimate of drug-likeness (QED) is 0.464. The van der Waals surface area contributed by atoms with Crippen LogP contribution in [-0.4, -0.2) is 46.8 Å². The summed E-state index contributed by atoms with van der Waals surface area (Å²) in [7, 11) is 0. The minimum atomic E-state index is -1.21. The lowest BCUT2D eigenvalue weighted by molar-refractivity contribution is -0.140. The molecule has 2 saturated heterocycles. The summed E-state index contributed by atoms with van der Waals surface area (Å²) >= 11 is 0. The molecule has 6 rings (SSSR count). The third-order valence-electron chi connectivity index (χ3n) is 9.34. The molecular formula is C31H32N2O6. The van der Waals surface area contributed by atoms with Crippen LogP contribution >= 0.6 is 0 Å². The van der Waals surface area contributed by atoms with Crippen LogP contribution in [0.3, 0.4) is 0 Å². The zero-order valence-electron chi connectivity index (χ0n) is 22.3. The molecule has 2 aromatic carbocycles. The molecule has 2 aliphatic heterocycles. The molecule has 0 spiro atoms. The van der Waals surface area contributed by atoms with Gasteiger partial charge in [0.25, 0.3) is 0 Å². The molecule has 3 fully saturated rings. The van der Waals surface area contributed by atoms with E-state index in [1.165, 1.54) is 9.80 Å². The topological polar surface area (TPSA) is 104 Å². The van der Waals surface area contributed by atoms with Gasteiger partial charge >= 0.3 is 0 Å². The van der Waals surface area contributed by atoms with E-state index < -0.39 is 35.0 Å². The molecule has 202 valence electrons. The number of para-hydroxylation sites is 2. The molecule has 0 aromatic heterocycles. The number of hydrogen-bond donors (Lipinski definition) is 1. The lowest BCUT2D eigenvalue weighted by Gasteiger charge is -2.49. The Morgan fingerprint density at radius 3 is 2.38 bits per heavy atom. The van der Waals surface area contributed by atoms with E-state index in [0.29, 0.717) is 36.6 Å². The monoisotopic (exact) mass is 528 g/mol. The van der Waals surface area contributed by atoms with Crippen LogP contribution in [-0.2, 0) is 19.2 Å². The van der Waals surface area contributed by atoms with Crippen molar-refractivity contribution in [3.05, 3.63) is 65.7 Å². The van der Waals surface area contributed by atoms with Gasteiger partial charge in [-0.05, 0) is 57.7 Å². The molecule has 4 aliphatic rings. The Morgan fingerprint density at radius 1 is 0.949 bits per heavy atom. The highest BCUT2D eigenvalue weighted by Crippen LogP contribution is 2.64. The first-order valence-corrected chi connectivity index (χ1v) is 13.7. The number of allylic oxidation sites excluding steroid dienone is 2. The van der Waals surface area contributed by atoms with E-state index in [9.17, 15) is 24.3 Å². The molecule has 39 heavy (non-hydrogen) atoms. The molecule has 2 aliphatic carbocycles. The van der Waals surface area contributed by atoms with Crippen LogP contribution in [0.15, 0.2) is 60.2 Å². The number of nitrogens with zero attached hydrogens (tertiary/aromatic N) is 2. The predicted octanol–water partition coefficient (Wildman–Crippen LogP) is 4.04. The maximum Gasteiger partial charge on any atom is 0.241 e.